The molecule has 4 N–H and O–H groups in total. The van der Waals surface area contributed by atoms with Gasteiger partial charge in [-0.25, -0.2) is 0 Å². The van der Waals surface area contributed by atoms with Crippen LogP contribution in [0, 0.1) is 23.7 Å². The minimum atomic E-state index is -0.861. The van der Waals surface area contributed by atoms with Crippen molar-refractivity contribution in [3.05, 3.63) is 46.5 Å². The van der Waals surface area contributed by atoms with Crippen molar-refractivity contribution in [2.75, 3.05) is 13.2 Å². The second-order valence-corrected chi connectivity index (χ2v) is 11.5. The molecule has 0 bridgehead atoms. The van der Waals surface area contributed by atoms with E-state index in [1.165, 1.54) is 4.90 Å². The molecule has 0 aromatic heterocycles. The molecule has 2 amide bonds. The predicted octanol–water partition coefficient (Wildman–Crippen LogP) is 4.93. The van der Waals surface area contributed by atoms with Crippen molar-refractivity contribution in [3.8, 4) is 5.75 Å². The van der Waals surface area contributed by atoms with E-state index < -0.39 is 29.8 Å². The molecule has 1 aromatic rings. The van der Waals surface area contributed by atoms with Gasteiger partial charge in [-0.1, -0.05) is 63.0 Å². The summed E-state index contributed by atoms with van der Waals surface area (Å²) in [4.78, 5) is 38.9. The second kappa shape index (κ2) is 14.6. The van der Waals surface area contributed by atoms with E-state index in [9.17, 15) is 29.7 Å². The lowest BCUT2D eigenvalue weighted by atomic mass is 9.66. The number of benzene rings is 1. The quantitative estimate of drug-likeness (QED) is 0.137. The molecule has 2 aliphatic rings. The molecule has 8 heteroatoms. The Labute approximate surface area is 237 Å². The molecule has 1 aliphatic heterocycles. The Bertz CT molecular complexity index is 1120. The van der Waals surface area contributed by atoms with Crippen LogP contribution >= 0.6 is 0 Å². The molecule has 0 unspecified atom stereocenters. The van der Waals surface area contributed by atoms with E-state index in [1.807, 2.05) is 26.0 Å². The number of carboxylic acid groups (broad SMARTS) is 1. The fourth-order valence-electron chi connectivity index (χ4n) is 6.37. The van der Waals surface area contributed by atoms with Crippen molar-refractivity contribution >= 4 is 23.9 Å². The van der Waals surface area contributed by atoms with Crippen molar-refractivity contribution in [1.29, 1.82) is 0 Å². The number of carbonyl (C=O) groups is 3. The van der Waals surface area contributed by atoms with Gasteiger partial charge in [-0.05, 0) is 67.7 Å². The third-order valence-corrected chi connectivity index (χ3v) is 8.29. The fraction of sp³-hybridized carbons (Fsp3) is 0.594. The normalized spacial score (nSPS) is 22.3. The average molecular weight is 556 g/mol. The highest BCUT2D eigenvalue weighted by molar-refractivity contribution is 6.05. The zero-order chi connectivity index (χ0) is 29.4. The number of hydrogen-bond donors (Lipinski definition) is 4. The molecule has 0 spiro atoms. The number of hydrogen-bond acceptors (Lipinski definition) is 6. The first-order valence-electron chi connectivity index (χ1n) is 14.7. The van der Waals surface area contributed by atoms with Crippen LogP contribution in [0.3, 0.4) is 0 Å². The molecule has 1 aromatic carbocycles. The van der Waals surface area contributed by atoms with Gasteiger partial charge in [-0.3, -0.25) is 19.3 Å². The van der Waals surface area contributed by atoms with Crippen molar-refractivity contribution in [1.82, 2.24) is 4.90 Å². The first-order chi connectivity index (χ1) is 19.1. The smallest absolute Gasteiger partial charge is 0.303 e. The molecule has 1 fully saturated rings. The number of aliphatic carboxylic acids is 1. The summed E-state index contributed by atoms with van der Waals surface area (Å²) in [6.07, 6.45) is 6.13. The largest absolute Gasteiger partial charge is 0.508 e. The summed E-state index contributed by atoms with van der Waals surface area (Å²) in [5, 5.41) is 40.7. The van der Waals surface area contributed by atoms with Crippen LogP contribution in [0.25, 0.3) is 6.08 Å². The second-order valence-electron chi connectivity index (χ2n) is 11.5. The maximum absolute atomic E-state index is 13.5. The number of carbonyl (C=O) groups excluding carboxylic acids is 2. The number of phenolic OH excluding ortho intramolecular Hbond substituents is 1. The third-order valence-electron chi connectivity index (χ3n) is 8.29. The summed E-state index contributed by atoms with van der Waals surface area (Å²) in [5.41, 5.74) is 3.70. The van der Waals surface area contributed by atoms with Gasteiger partial charge in [0.25, 0.3) is 0 Å². The molecule has 4 atom stereocenters. The van der Waals surface area contributed by atoms with E-state index in [0.717, 1.165) is 29.6 Å². The molecule has 220 valence electrons. The van der Waals surface area contributed by atoms with Gasteiger partial charge >= 0.3 is 5.97 Å². The number of phenols is 1. The van der Waals surface area contributed by atoms with Crippen molar-refractivity contribution in [2.24, 2.45) is 23.7 Å². The highest BCUT2D eigenvalue weighted by atomic mass is 16.4. The molecule has 3 rings (SSSR count). The van der Waals surface area contributed by atoms with Crippen LogP contribution in [-0.2, 0) is 14.4 Å². The molecule has 0 radical (unpaired) electrons. The minimum Gasteiger partial charge on any atom is -0.508 e. The Hall–Kier alpha value is -2.97. The van der Waals surface area contributed by atoms with Gasteiger partial charge in [-0.15, -0.1) is 0 Å². The molecule has 40 heavy (non-hydrogen) atoms. The minimum absolute atomic E-state index is 0.0468. The van der Waals surface area contributed by atoms with Gasteiger partial charge in [0.1, 0.15) is 5.75 Å². The first-order valence-corrected chi connectivity index (χ1v) is 14.7. The SMILES string of the molecule is CCC/C(=C\c1cccc(O)c1)CC[C@@H](O)C1=C(C(C)C)C[C@H]2C(=O)N(CCCCCC(=O)O)C(=O)[C@H]2[C@H]1CO. The Morgan fingerprint density at radius 1 is 1.10 bits per heavy atom. The van der Waals surface area contributed by atoms with Gasteiger partial charge in [0.05, 0.1) is 24.5 Å². The highest BCUT2D eigenvalue weighted by Gasteiger charge is 2.54. The number of aliphatic hydroxyl groups is 2. The number of aromatic hydroxyl groups is 1. The van der Waals surface area contributed by atoms with Crippen LogP contribution in [0.4, 0.5) is 0 Å². The summed E-state index contributed by atoms with van der Waals surface area (Å²) in [7, 11) is 0. The number of allylic oxidation sites excluding steroid dienone is 2. The van der Waals surface area contributed by atoms with Crippen LogP contribution in [0.5, 0.6) is 5.75 Å². The topological polar surface area (TPSA) is 135 Å². The van der Waals surface area contributed by atoms with Crippen LogP contribution in [-0.4, -0.2) is 62.4 Å². The van der Waals surface area contributed by atoms with Gasteiger partial charge in [0, 0.05) is 18.9 Å². The van der Waals surface area contributed by atoms with E-state index in [-0.39, 0.29) is 43.1 Å². The summed E-state index contributed by atoms with van der Waals surface area (Å²) in [5.74, 6) is -2.99. The Kier molecular flexibility index (Phi) is 11.5. The number of carboxylic acids is 1. The predicted molar refractivity (Wildman–Crippen MR) is 153 cm³/mol. The number of likely N-dealkylation sites (tertiary alicyclic amines) is 1. The van der Waals surface area contributed by atoms with Crippen LogP contribution in [0.15, 0.2) is 41.0 Å². The van der Waals surface area contributed by atoms with E-state index >= 15 is 0 Å². The molecule has 1 heterocycles. The van der Waals surface area contributed by atoms with Gasteiger partial charge in [0.2, 0.25) is 11.8 Å². The lowest BCUT2D eigenvalue weighted by Gasteiger charge is -2.38. The zero-order valence-electron chi connectivity index (χ0n) is 24.0. The standard InChI is InChI=1S/C32H45NO7/c1-4-9-21(16-22-10-8-11-23(35)17-22)13-14-27(36)29-24(20(2)3)18-25-30(26(29)19-34)32(40)33(31(25)39)15-7-5-6-12-28(37)38/h8,10-11,16-17,20,25-27,30,34-36H,4-7,9,12-15,18-19H2,1-3H3,(H,37,38)/b21-16+/t25-,26+,27-,30-/m1/s1. The lowest BCUT2D eigenvalue weighted by molar-refractivity contribution is -0.141. The number of fused-ring (bicyclic) bond motifs is 1. The van der Waals surface area contributed by atoms with E-state index in [2.05, 4.69) is 6.92 Å². The van der Waals surface area contributed by atoms with Gasteiger partial charge < -0.3 is 20.4 Å². The maximum Gasteiger partial charge on any atom is 0.303 e. The highest BCUT2D eigenvalue weighted by Crippen LogP contribution is 2.48. The van der Waals surface area contributed by atoms with Crippen molar-refractivity contribution in [2.45, 2.75) is 84.7 Å². The molecule has 0 saturated carbocycles. The summed E-state index contributed by atoms with van der Waals surface area (Å²) >= 11 is 0. The molecular weight excluding hydrogens is 510 g/mol. The van der Waals surface area contributed by atoms with E-state index in [4.69, 9.17) is 5.11 Å². The maximum atomic E-state index is 13.5. The zero-order valence-corrected chi connectivity index (χ0v) is 24.0. The van der Waals surface area contributed by atoms with Crippen LogP contribution < -0.4 is 0 Å². The van der Waals surface area contributed by atoms with E-state index in [1.54, 1.807) is 18.2 Å². The average Bonchev–Trinajstić information content (AvgIpc) is 3.14. The van der Waals surface area contributed by atoms with E-state index in [0.29, 0.717) is 44.1 Å². The number of rotatable bonds is 15. The number of amides is 2. The lowest BCUT2D eigenvalue weighted by Crippen LogP contribution is -2.40. The van der Waals surface area contributed by atoms with Gasteiger partial charge in [0.15, 0.2) is 0 Å². The van der Waals surface area contributed by atoms with Gasteiger partial charge in [-0.2, -0.15) is 0 Å². The summed E-state index contributed by atoms with van der Waals surface area (Å²) < 4.78 is 0. The number of imide groups is 1. The third kappa shape index (κ3) is 7.61. The first kappa shape index (κ1) is 31.6. The molecular formula is C32H45NO7. The van der Waals surface area contributed by atoms with Crippen molar-refractivity contribution in [3.63, 3.8) is 0 Å². The monoisotopic (exact) mass is 555 g/mol. The van der Waals surface area contributed by atoms with Crippen LogP contribution in [0.2, 0.25) is 0 Å². The Morgan fingerprint density at radius 2 is 1.85 bits per heavy atom. The number of nitrogens with zero attached hydrogens (tertiary/aromatic N) is 1. The molecule has 1 aliphatic carbocycles. The number of unbranched alkanes of at least 4 members (excludes halogenated alkanes) is 2. The number of aliphatic hydroxyl groups excluding tert-OH is 2. The summed E-state index contributed by atoms with van der Waals surface area (Å²) in [6, 6.07) is 7.05. The Morgan fingerprint density at radius 3 is 2.48 bits per heavy atom. The molecule has 1 saturated heterocycles. The Balaban J connectivity index is 1.78. The molecule has 8 nitrogen and oxygen atoms in total. The summed E-state index contributed by atoms with van der Waals surface area (Å²) in [6.45, 7) is 6.05. The van der Waals surface area contributed by atoms with Crippen LogP contribution in [0.1, 0.15) is 84.1 Å². The fourth-order valence-corrected chi connectivity index (χ4v) is 6.37. The van der Waals surface area contributed by atoms with Crippen molar-refractivity contribution < 1.29 is 34.8 Å².